The van der Waals surface area contributed by atoms with E-state index in [1.165, 1.54) is 0 Å². The van der Waals surface area contributed by atoms with Crippen LogP contribution in [0.4, 0.5) is 14.5 Å². The summed E-state index contributed by atoms with van der Waals surface area (Å²) in [5.41, 5.74) is -1.03. The van der Waals surface area contributed by atoms with Crippen LogP contribution < -0.4 is 4.74 Å². The Bertz CT molecular complexity index is 701. The highest BCUT2D eigenvalue weighted by Crippen LogP contribution is 2.31. The molecule has 0 atom stereocenters. The summed E-state index contributed by atoms with van der Waals surface area (Å²) < 4.78 is 31.8. The van der Waals surface area contributed by atoms with Crippen LogP contribution in [0, 0.1) is 21.7 Å². The monoisotopic (exact) mass is 322 g/mol. The van der Waals surface area contributed by atoms with E-state index in [-0.39, 0.29) is 10.4 Å². The normalized spacial score (nSPS) is 10.4. The molecule has 0 saturated carbocycles. The highest BCUT2D eigenvalue weighted by Gasteiger charge is 2.21. The predicted molar refractivity (Wildman–Crippen MR) is 62.9 cm³/mol. The first-order chi connectivity index (χ1) is 9.38. The van der Waals surface area contributed by atoms with E-state index < -0.39 is 33.9 Å². The average molecular weight is 323 g/mol. The number of aromatic nitrogens is 3. The number of rotatable bonds is 3. The van der Waals surface area contributed by atoms with E-state index in [4.69, 9.17) is 27.9 Å². The summed E-state index contributed by atoms with van der Waals surface area (Å²) in [5.74, 6) is -3.54. The summed E-state index contributed by atoms with van der Waals surface area (Å²) in [7, 11) is 0. The fraction of sp³-hybridized carbons (Fsp3) is 0. The third-order valence-corrected chi connectivity index (χ3v) is 2.39. The highest BCUT2D eigenvalue weighted by molar-refractivity contribution is 6.31. The van der Waals surface area contributed by atoms with Crippen molar-refractivity contribution in [3.8, 4) is 11.6 Å². The van der Waals surface area contributed by atoms with Crippen molar-refractivity contribution in [2.45, 2.75) is 0 Å². The zero-order chi connectivity index (χ0) is 14.9. The second-order valence-electron chi connectivity index (χ2n) is 3.27. The molecule has 0 saturated heterocycles. The predicted octanol–water partition coefficient (Wildman–Crippen LogP) is 3.16. The molecule has 0 aliphatic rings. The standard InChI is InChI=1S/C9H2Cl2F2N4O3/c10-7-8(14-9(11)16-15-7)20-6-2-3(12)5(17(18)19)1-4(6)13/h1-2H. The van der Waals surface area contributed by atoms with E-state index in [9.17, 15) is 18.9 Å². The van der Waals surface area contributed by atoms with Crippen molar-refractivity contribution in [2.24, 2.45) is 0 Å². The van der Waals surface area contributed by atoms with E-state index in [1.54, 1.807) is 0 Å². The van der Waals surface area contributed by atoms with Crippen molar-refractivity contribution in [2.75, 3.05) is 0 Å². The van der Waals surface area contributed by atoms with Gasteiger partial charge < -0.3 is 4.74 Å². The minimum atomic E-state index is -1.28. The minimum absolute atomic E-state index is 0.327. The Hall–Kier alpha value is -2.13. The van der Waals surface area contributed by atoms with Crippen LogP contribution in [0.5, 0.6) is 11.6 Å². The van der Waals surface area contributed by atoms with Gasteiger partial charge in [-0.3, -0.25) is 10.1 Å². The molecule has 0 radical (unpaired) electrons. The number of benzene rings is 1. The van der Waals surface area contributed by atoms with Crippen molar-refractivity contribution in [1.29, 1.82) is 0 Å². The van der Waals surface area contributed by atoms with Gasteiger partial charge in [-0.2, -0.15) is 9.37 Å². The largest absolute Gasteiger partial charge is 0.433 e. The Kier molecular flexibility index (Phi) is 3.91. The Labute approximate surface area is 119 Å². The number of nitro groups is 1. The van der Waals surface area contributed by atoms with Crippen LogP contribution >= 0.6 is 23.2 Å². The first-order valence-corrected chi connectivity index (χ1v) is 5.51. The topological polar surface area (TPSA) is 91.0 Å². The summed E-state index contributed by atoms with van der Waals surface area (Å²) in [6.07, 6.45) is 0. The first kappa shape index (κ1) is 14.3. The molecule has 11 heteroatoms. The molecule has 104 valence electrons. The van der Waals surface area contributed by atoms with E-state index >= 15 is 0 Å². The van der Waals surface area contributed by atoms with Gasteiger partial charge >= 0.3 is 5.69 Å². The lowest BCUT2D eigenvalue weighted by Gasteiger charge is -2.06. The average Bonchev–Trinajstić information content (AvgIpc) is 2.37. The van der Waals surface area contributed by atoms with Gasteiger partial charge in [0.15, 0.2) is 11.6 Å². The fourth-order valence-corrected chi connectivity index (χ4v) is 1.42. The molecular weight excluding hydrogens is 321 g/mol. The van der Waals surface area contributed by atoms with Crippen LogP contribution in [0.15, 0.2) is 12.1 Å². The van der Waals surface area contributed by atoms with Crippen LogP contribution in [0.25, 0.3) is 0 Å². The molecule has 0 unspecified atom stereocenters. The van der Waals surface area contributed by atoms with Gasteiger partial charge in [0.1, 0.15) is 0 Å². The second-order valence-corrected chi connectivity index (χ2v) is 3.97. The maximum atomic E-state index is 13.6. The molecule has 20 heavy (non-hydrogen) atoms. The third kappa shape index (κ3) is 2.89. The number of hydrogen-bond donors (Lipinski definition) is 0. The van der Waals surface area contributed by atoms with Crippen molar-refractivity contribution < 1.29 is 18.4 Å². The van der Waals surface area contributed by atoms with Gasteiger partial charge in [-0.1, -0.05) is 11.6 Å². The molecule has 0 amide bonds. The summed E-state index contributed by atoms with van der Waals surface area (Å²) in [4.78, 5) is 12.9. The van der Waals surface area contributed by atoms with Gasteiger partial charge in [0.05, 0.1) is 11.0 Å². The van der Waals surface area contributed by atoms with Gasteiger partial charge in [-0.15, -0.1) is 10.2 Å². The Morgan fingerprint density at radius 2 is 1.90 bits per heavy atom. The molecule has 0 spiro atoms. The Morgan fingerprint density at radius 1 is 1.20 bits per heavy atom. The van der Waals surface area contributed by atoms with Crippen molar-refractivity contribution in [3.05, 3.63) is 44.3 Å². The van der Waals surface area contributed by atoms with Crippen LogP contribution in [-0.2, 0) is 0 Å². The molecule has 0 aliphatic carbocycles. The molecule has 1 aromatic carbocycles. The van der Waals surface area contributed by atoms with Gasteiger partial charge in [0.2, 0.25) is 16.3 Å². The van der Waals surface area contributed by atoms with Crippen molar-refractivity contribution in [3.63, 3.8) is 0 Å². The number of hydrogen-bond acceptors (Lipinski definition) is 6. The Morgan fingerprint density at radius 3 is 2.55 bits per heavy atom. The summed E-state index contributed by atoms with van der Waals surface area (Å²) in [6.45, 7) is 0. The highest BCUT2D eigenvalue weighted by atomic mass is 35.5. The maximum Gasteiger partial charge on any atom is 0.307 e. The zero-order valence-electron chi connectivity index (χ0n) is 9.18. The number of nitrogens with zero attached hydrogens (tertiary/aromatic N) is 4. The molecule has 0 fully saturated rings. The molecule has 0 N–H and O–H groups in total. The number of halogens is 4. The van der Waals surface area contributed by atoms with Crippen molar-refractivity contribution >= 4 is 28.9 Å². The van der Waals surface area contributed by atoms with Crippen LogP contribution in [0.1, 0.15) is 0 Å². The minimum Gasteiger partial charge on any atom is -0.433 e. The quantitative estimate of drug-likeness (QED) is 0.636. The SMILES string of the molecule is O=[N+]([O-])c1cc(F)c(Oc2nc(Cl)nnc2Cl)cc1F. The zero-order valence-corrected chi connectivity index (χ0v) is 10.7. The van der Waals surface area contributed by atoms with Gasteiger partial charge in [0, 0.05) is 6.07 Å². The van der Waals surface area contributed by atoms with Gasteiger partial charge in [-0.25, -0.2) is 4.39 Å². The molecular formula is C9H2Cl2F2N4O3. The molecule has 0 aliphatic heterocycles. The molecule has 2 rings (SSSR count). The van der Waals surface area contributed by atoms with Crippen LogP contribution in [0.2, 0.25) is 10.4 Å². The maximum absolute atomic E-state index is 13.6. The second kappa shape index (κ2) is 5.47. The molecule has 2 aromatic rings. The van der Waals surface area contributed by atoms with Gasteiger partial charge in [0.25, 0.3) is 5.88 Å². The van der Waals surface area contributed by atoms with Crippen molar-refractivity contribution in [1.82, 2.24) is 15.2 Å². The van der Waals surface area contributed by atoms with Gasteiger partial charge in [-0.05, 0) is 11.6 Å². The summed E-state index contributed by atoms with van der Waals surface area (Å²) >= 11 is 11.0. The summed E-state index contributed by atoms with van der Waals surface area (Å²) in [6, 6.07) is 0.856. The van der Waals surface area contributed by atoms with E-state index in [0.717, 1.165) is 0 Å². The smallest absolute Gasteiger partial charge is 0.307 e. The van der Waals surface area contributed by atoms with E-state index in [0.29, 0.717) is 12.1 Å². The molecule has 0 bridgehead atoms. The first-order valence-electron chi connectivity index (χ1n) is 4.75. The van der Waals surface area contributed by atoms with E-state index in [2.05, 4.69) is 15.2 Å². The van der Waals surface area contributed by atoms with Crippen LogP contribution in [-0.4, -0.2) is 20.1 Å². The number of ether oxygens (including phenoxy) is 1. The lowest BCUT2D eigenvalue weighted by Crippen LogP contribution is -1.99. The molecule has 1 heterocycles. The van der Waals surface area contributed by atoms with E-state index in [1.807, 2.05) is 0 Å². The van der Waals surface area contributed by atoms with Crippen LogP contribution in [0.3, 0.4) is 0 Å². The fourth-order valence-electron chi connectivity index (χ4n) is 1.19. The molecule has 1 aromatic heterocycles. The lowest BCUT2D eigenvalue weighted by atomic mass is 10.3. The third-order valence-electron chi connectivity index (χ3n) is 2.00. The molecule has 7 nitrogen and oxygen atoms in total. The lowest BCUT2D eigenvalue weighted by molar-refractivity contribution is -0.387. The Balaban J connectivity index is 2.42. The number of nitro benzene ring substituents is 1. The summed E-state index contributed by atoms with van der Waals surface area (Å²) in [5, 5.41) is 16.4.